The van der Waals surface area contributed by atoms with Crippen molar-refractivity contribution in [3.8, 4) is 0 Å². The van der Waals surface area contributed by atoms with Gasteiger partial charge in [0.15, 0.2) is 0 Å². The van der Waals surface area contributed by atoms with Crippen molar-refractivity contribution in [3.05, 3.63) is 29.6 Å². The van der Waals surface area contributed by atoms with Gasteiger partial charge in [-0.3, -0.25) is 0 Å². The van der Waals surface area contributed by atoms with Crippen LogP contribution in [0.2, 0.25) is 0 Å². The molecule has 0 aliphatic rings. The molecule has 0 fully saturated rings. The van der Waals surface area contributed by atoms with E-state index in [1.807, 2.05) is 6.92 Å². The molecule has 0 aliphatic heterocycles. The first-order valence-electron chi connectivity index (χ1n) is 5.50. The summed E-state index contributed by atoms with van der Waals surface area (Å²) in [5.41, 5.74) is 0.353. The highest BCUT2D eigenvalue weighted by Gasteiger charge is 2.14. The van der Waals surface area contributed by atoms with Crippen LogP contribution in [0.5, 0.6) is 0 Å². The summed E-state index contributed by atoms with van der Waals surface area (Å²) in [7, 11) is -3.52. The molecule has 17 heavy (non-hydrogen) atoms. The Morgan fingerprint density at radius 3 is 2.53 bits per heavy atom. The lowest BCUT2D eigenvalue weighted by Crippen LogP contribution is -2.23. The van der Waals surface area contributed by atoms with E-state index in [0.29, 0.717) is 25.2 Å². The van der Waals surface area contributed by atoms with Crippen molar-refractivity contribution < 1.29 is 12.8 Å². The Morgan fingerprint density at radius 2 is 1.94 bits per heavy atom. The lowest BCUT2D eigenvalue weighted by atomic mass is 10.2. The average Bonchev–Trinajstić information content (AvgIpc) is 2.27. The minimum Gasteiger partial charge on any atom is -0.313 e. The van der Waals surface area contributed by atoms with Gasteiger partial charge in [0.1, 0.15) is 5.82 Å². The van der Waals surface area contributed by atoms with Crippen LogP contribution in [0.1, 0.15) is 19.4 Å². The fourth-order valence-electron chi connectivity index (χ4n) is 1.39. The van der Waals surface area contributed by atoms with Gasteiger partial charge < -0.3 is 5.32 Å². The molecule has 0 aromatic heterocycles. The molecular weight excluding hydrogens is 243 g/mol. The molecule has 1 rings (SSSR count). The zero-order valence-electron chi connectivity index (χ0n) is 9.96. The van der Waals surface area contributed by atoms with E-state index in [-0.39, 0.29) is 4.90 Å². The SMILES string of the molecule is CCNCc1cc(S(=O)(=O)NCC)ccc1F. The third-order valence-corrected chi connectivity index (χ3v) is 3.77. The molecule has 1 aromatic carbocycles. The van der Waals surface area contributed by atoms with E-state index in [0.717, 1.165) is 0 Å². The van der Waals surface area contributed by atoms with Gasteiger partial charge in [0.2, 0.25) is 10.0 Å². The van der Waals surface area contributed by atoms with Crippen molar-refractivity contribution in [1.82, 2.24) is 10.0 Å². The van der Waals surface area contributed by atoms with E-state index in [9.17, 15) is 12.8 Å². The minimum atomic E-state index is -3.52. The summed E-state index contributed by atoms with van der Waals surface area (Å²) < 4.78 is 39.2. The molecule has 0 aliphatic carbocycles. The molecule has 0 bridgehead atoms. The summed E-state index contributed by atoms with van der Waals surface area (Å²) >= 11 is 0. The number of rotatable bonds is 6. The summed E-state index contributed by atoms with van der Waals surface area (Å²) in [6.45, 7) is 4.92. The number of hydrogen-bond acceptors (Lipinski definition) is 3. The standard InChI is InChI=1S/C11H17FN2O2S/c1-3-13-8-9-7-10(5-6-11(9)12)17(15,16)14-4-2/h5-7,13-14H,3-4,8H2,1-2H3. The first-order valence-corrected chi connectivity index (χ1v) is 6.98. The minimum absolute atomic E-state index is 0.0913. The van der Waals surface area contributed by atoms with Gasteiger partial charge in [0, 0.05) is 18.7 Å². The molecule has 4 nitrogen and oxygen atoms in total. The highest BCUT2D eigenvalue weighted by atomic mass is 32.2. The van der Waals surface area contributed by atoms with Crippen LogP contribution in [0.3, 0.4) is 0 Å². The quantitative estimate of drug-likeness (QED) is 0.809. The molecule has 1 aromatic rings. The van der Waals surface area contributed by atoms with E-state index in [1.54, 1.807) is 6.92 Å². The Hall–Kier alpha value is -0.980. The van der Waals surface area contributed by atoms with Crippen molar-refractivity contribution in [3.63, 3.8) is 0 Å². The fourth-order valence-corrected chi connectivity index (χ4v) is 2.48. The molecule has 6 heteroatoms. The molecule has 0 saturated heterocycles. The molecule has 0 unspecified atom stereocenters. The molecule has 96 valence electrons. The molecule has 0 spiro atoms. The maximum Gasteiger partial charge on any atom is 0.240 e. The van der Waals surface area contributed by atoms with Gasteiger partial charge >= 0.3 is 0 Å². The summed E-state index contributed by atoms with van der Waals surface area (Å²) in [4.78, 5) is 0.0913. The Kier molecular flexibility index (Phi) is 5.04. The van der Waals surface area contributed by atoms with Crippen LogP contribution in [-0.2, 0) is 16.6 Å². The molecule has 0 amide bonds. The van der Waals surface area contributed by atoms with Gasteiger partial charge in [-0.15, -0.1) is 0 Å². The Bertz CT molecular complexity index is 474. The second-order valence-electron chi connectivity index (χ2n) is 3.53. The van der Waals surface area contributed by atoms with Gasteiger partial charge in [-0.25, -0.2) is 17.5 Å². The largest absolute Gasteiger partial charge is 0.313 e. The summed E-state index contributed by atoms with van der Waals surface area (Å²) in [5.74, 6) is -0.401. The summed E-state index contributed by atoms with van der Waals surface area (Å²) in [6, 6.07) is 3.80. The zero-order valence-corrected chi connectivity index (χ0v) is 10.8. The lowest BCUT2D eigenvalue weighted by molar-refractivity contribution is 0.578. The third-order valence-electron chi connectivity index (χ3n) is 2.23. The van der Waals surface area contributed by atoms with Gasteiger partial charge in [-0.2, -0.15) is 0 Å². The predicted octanol–water partition coefficient (Wildman–Crippen LogP) is 1.23. The predicted molar refractivity (Wildman–Crippen MR) is 64.6 cm³/mol. The Morgan fingerprint density at radius 1 is 1.24 bits per heavy atom. The van der Waals surface area contributed by atoms with Crippen molar-refractivity contribution in [1.29, 1.82) is 0 Å². The van der Waals surface area contributed by atoms with Crippen LogP contribution < -0.4 is 10.0 Å². The topological polar surface area (TPSA) is 58.2 Å². The molecular formula is C11H17FN2O2S. The van der Waals surface area contributed by atoms with Crippen LogP contribution in [0.25, 0.3) is 0 Å². The second-order valence-corrected chi connectivity index (χ2v) is 5.30. The average molecular weight is 260 g/mol. The summed E-state index contributed by atoms with van der Waals surface area (Å²) in [6.07, 6.45) is 0. The molecule has 2 N–H and O–H groups in total. The van der Waals surface area contributed by atoms with Gasteiger partial charge in [0.25, 0.3) is 0 Å². The number of sulfonamides is 1. The first-order chi connectivity index (χ1) is 8.01. The van der Waals surface area contributed by atoms with E-state index in [4.69, 9.17) is 0 Å². The first kappa shape index (κ1) is 14.1. The number of nitrogens with one attached hydrogen (secondary N) is 2. The number of halogens is 1. The number of hydrogen-bond donors (Lipinski definition) is 2. The van der Waals surface area contributed by atoms with Crippen molar-refractivity contribution >= 4 is 10.0 Å². The Labute approximate surface area is 101 Å². The van der Waals surface area contributed by atoms with Crippen molar-refractivity contribution in [2.45, 2.75) is 25.3 Å². The molecule has 0 radical (unpaired) electrons. The van der Waals surface area contributed by atoms with Crippen LogP contribution >= 0.6 is 0 Å². The lowest BCUT2D eigenvalue weighted by Gasteiger charge is -2.08. The maximum absolute atomic E-state index is 13.4. The Balaban J connectivity index is 3.03. The van der Waals surface area contributed by atoms with E-state index in [2.05, 4.69) is 10.0 Å². The molecule has 0 heterocycles. The van der Waals surface area contributed by atoms with Crippen molar-refractivity contribution in [2.24, 2.45) is 0 Å². The monoisotopic (exact) mass is 260 g/mol. The van der Waals surface area contributed by atoms with Crippen LogP contribution in [0.15, 0.2) is 23.1 Å². The van der Waals surface area contributed by atoms with E-state index >= 15 is 0 Å². The smallest absolute Gasteiger partial charge is 0.240 e. The van der Waals surface area contributed by atoms with Gasteiger partial charge in [0.05, 0.1) is 4.90 Å². The van der Waals surface area contributed by atoms with Crippen LogP contribution in [0, 0.1) is 5.82 Å². The van der Waals surface area contributed by atoms with Gasteiger partial charge in [-0.1, -0.05) is 13.8 Å². The van der Waals surface area contributed by atoms with E-state index in [1.165, 1.54) is 18.2 Å². The zero-order chi connectivity index (χ0) is 12.9. The van der Waals surface area contributed by atoms with Crippen molar-refractivity contribution in [2.75, 3.05) is 13.1 Å². The summed E-state index contributed by atoms with van der Waals surface area (Å²) in [5, 5.41) is 2.96. The normalized spacial score (nSPS) is 11.7. The van der Waals surface area contributed by atoms with Crippen LogP contribution in [0.4, 0.5) is 4.39 Å². The van der Waals surface area contributed by atoms with E-state index < -0.39 is 15.8 Å². The second kappa shape index (κ2) is 6.09. The fraction of sp³-hybridized carbons (Fsp3) is 0.455. The third kappa shape index (κ3) is 3.76. The molecule has 0 atom stereocenters. The van der Waals surface area contributed by atoms with Crippen LogP contribution in [-0.4, -0.2) is 21.5 Å². The maximum atomic E-state index is 13.4. The highest BCUT2D eigenvalue weighted by Crippen LogP contribution is 2.14. The van der Waals surface area contributed by atoms with Gasteiger partial charge in [-0.05, 0) is 24.7 Å². The molecule has 0 saturated carbocycles. The highest BCUT2D eigenvalue weighted by molar-refractivity contribution is 7.89. The number of benzene rings is 1.